The van der Waals surface area contributed by atoms with Crippen LogP contribution in [0.4, 0.5) is 9.18 Å². The first-order chi connectivity index (χ1) is 17.4. The van der Waals surface area contributed by atoms with Crippen molar-refractivity contribution in [3.05, 3.63) is 83.9 Å². The Hall–Kier alpha value is -3.52. The number of imide groups is 1. The number of hydrogen-bond acceptors (Lipinski definition) is 6. The highest BCUT2D eigenvalue weighted by Gasteiger charge is 2.46. The number of carbonyl (C=O) groups is 2. The summed E-state index contributed by atoms with van der Waals surface area (Å²) >= 11 is 0.951. The molecule has 1 aliphatic heterocycles. The maximum Gasteiger partial charge on any atom is 0.287 e. The van der Waals surface area contributed by atoms with Crippen LogP contribution in [0.15, 0.2) is 72.8 Å². The quantitative estimate of drug-likeness (QED) is 0.282. The Labute approximate surface area is 214 Å². The van der Waals surface area contributed by atoms with Crippen LogP contribution in [0.1, 0.15) is 44.0 Å². The van der Waals surface area contributed by atoms with Gasteiger partial charge in [-0.15, -0.1) is 0 Å². The molecule has 2 atom stereocenters. The largest absolute Gasteiger partial charge is 0.493 e. The number of amides is 2. The summed E-state index contributed by atoms with van der Waals surface area (Å²) in [5.41, 5.74) is 1.23. The number of thioether (sulfide) groups is 1. The summed E-state index contributed by atoms with van der Waals surface area (Å²) in [4.78, 5) is 24.1. The lowest BCUT2D eigenvalue weighted by atomic mass is 9.98. The van der Waals surface area contributed by atoms with Gasteiger partial charge in [-0.1, -0.05) is 49.4 Å². The van der Waals surface area contributed by atoms with Crippen LogP contribution in [0, 0.1) is 0 Å². The molecular weight excluding hydrogens is 481 g/mol. The van der Waals surface area contributed by atoms with Crippen molar-refractivity contribution in [1.29, 1.82) is 0 Å². The van der Waals surface area contributed by atoms with Crippen molar-refractivity contribution in [3.8, 4) is 23.0 Å². The maximum atomic E-state index is 14.1. The Morgan fingerprint density at radius 2 is 1.58 bits per heavy atom. The average molecular weight is 510 g/mol. The molecule has 188 valence electrons. The van der Waals surface area contributed by atoms with Crippen LogP contribution in [-0.4, -0.2) is 24.4 Å². The van der Waals surface area contributed by atoms with E-state index < -0.39 is 10.9 Å². The summed E-state index contributed by atoms with van der Waals surface area (Å²) < 4.78 is 30.9. The third-order valence-electron chi connectivity index (χ3n) is 5.81. The molecular formula is C28H28FNO5S. The highest BCUT2D eigenvalue weighted by molar-refractivity contribution is 8.15. The Kier molecular flexibility index (Phi) is 8.15. The van der Waals surface area contributed by atoms with Gasteiger partial charge in [-0.2, -0.15) is 0 Å². The lowest BCUT2D eigenvalue weighted by Crippen LogP contribution is -2.32. The van der Waals surface area contributed by atoms with Gasteiger partial charge in [0.1, 0.15) is 22.4 Å². The lowest BCUT2D eigenvalue weighted by molar-refractivity contribution is -0.121. The van der Waals surface area contributed by atoms with Crippen molar-refractivity contribution in [2.24, 2.45) is 0 Å². The predicted molar refractivity (Wildman–Crippen MR) is 138 cm³/mol. The van der Waals surface area contributed by atoms with Crippen LogP contribution in [0.3, 0.4) is 0 Å². The molecule has 36 heavy (non-hydrogen) atoms. The van der Waals surface area contributed by atoms with Gasteiger partial charge in [-0.3, -0.25) is 14.9 Å². The molecule has 3 aromatic carbocycles. The third-order valence-corrected chi connectivity index (χ3v) is 6.91. The number of hydrogen-bond donors (Lipinski definition) is 1. The molecule has 2 amide bonds. The van der Waals surface area contributed by atoms with E-state index in [9.17, 15) is 14.0 Å². The van der Waals surface area contributed by atoms with Gasteiger partial charge in [-0.05, 0) is 61.0 Å². The zero-order valence-corrected chi connectivity index (χ0v) is 21.0. The predicted octanol–water partition coefficient (Wildman–Crippen LogP) is 6.95. The van der Waals surface area contributed by atoms with E-state index in [1.54, 1.807) is 56.3 Å². The maximum absolute atomic E-state index is 14.1. The molecule has 2 unspecified atom stereocenters. The minimum atomic E-state index is -1.03. The van der Waals surface area contributed by atoms with Gasteiger partial charge in [0.05, 0.1) is 13.2 Å². The molecule has 1 saturated heterocycles. The van der Waals surface area contributed by atoms with Gasteiger partial charge in [0.15, 0.2) is 11.5 Å². The van der Waals surface area contributed by atoms with E-state index in [4.69, 9.17) is 14.2 Å². The number of benzene rings is 3. The molecule has 4 rings (SSSR count). The molecule has 1 N–H and O–H groups in total. The Balaban J connectivity index is 1.34. The number of para-hydroxylation sites is 3. The second-order valence-corrected chi connectivity index (χ2v) is 9.81. The molecule has 0 saturated carbocycles. The van der Waals surface area contributed by atoms with Gasteiger partial charge < -0.3 is 14.2 Å². The van der Waals surface area contributed by atoms with Crippen LogP contribution < -0.4 is 19.5 Å². The second kappa shape index (κ2) is 11.5. The number of nitrogens with one attached hydrogen (secondary N) is 1. The summed E-state index contributed by atoms with van der Waals surface area (Å²) in [6.07, 6.45) is -0.0541. The fourth-order valence-corrected chi connectivity index (χ4v) is 4.78. The van der Waals surface area contributed by atoms with Crippen LogP contribution in [0.25, 0.3) is 0 Å². The van der Waals surface area contributed by atoms with Gasteiger partial charge in [0.25, 0.3) is 5.24 Å². The Morgan fingerprint density at radius 1 is 0.917 bits per heavy atom. The molecule has 3 aromatic rings. The van der Waals surface area contributed by atoms with E-state index >= 15 is 0 Å². The van der Waals surface area contributed by atoms with Crippen LogP contribution in [-0.2, 0) is 9.54 Å². The Bertz CT molecular complexity index is 1240. The van der Waals surface area contributed by atoms with Gasteiger partial charge in [0.2, 0.25) is 5.91 Å². The number of carbonyl (C=O) groups excluding carboxylic acids is 2. The first-order valence-electron chi connectivity index (χ1n) is 11.8. The molecule has 0 spiro atoms. The van der Waals surface area contributed by atoms with Crippen LogP contribution in [0.2, 0.25) is 0 Å². The van der Waals surface area contributed by atoms with Gasteiger partial charge in [-0.25, -0.2) is 4.39 Å². The van der Waals surface area contributed by atoms with Crippen LogP contribution in [0.5, 0.6) is 23.0 Å². The lowest BCUT2D eigenvalue weighted by Gasteiger charge is -2.22. The monoisotopic (exact) mass is 509 g/mol. The first-order valence-corrected chi connectivity index (χ1v) is 12.6. The molecule has 0 radical (unpaired) electrons. The Morgan fingerprint density at radius 3 is 2.28 bits per heavy atom. The van der Waals surface area contributed by atoms with E-state index in [0.29, 0.717) is 60.2 Å². The second-order valence-electron chi connectivity index (χ2n) is 8.42. The molecule has 0 aliphatic carbocycles. The summed E-state index contributed by atoms with van der Waals surface area (Å²) in [6.45, 7) is 4.24. The zero-order chi connectivity index (χ0) is 25.5. The fourth-order valence-electron chi connectivity index (χ4n) is 3.85. The number of alkyl halides is 1. The van der Waals surface area contributed by atoms with Crippen molar-refractivity contribution < 1.29 is 28.2 Å². The normalized spacial score (nSPS) is 18.0. The molecule has 0 aromatic heterocycles. The van der Waals surface area contributed by atoms with E-state index in [0.717, 1.165) is 11.8 Å². The summed E-state index contributed by atoms with van der Waals surface area (Å²) in [5, 5.41) is 1.97. The molecule has 1 aliphatic rings. The highest BCUT2D eigenvalue weighted by atomic mass is 32.2. The van der Waals surface area contributed by atoms with Crippen molar-refractivity contribution in [3.63, 3.8) is 0 Å². The topological polar surface area (TPSA) is 73.9 Å². The standard InChI is InChI=1S/C28H28FNO5S/c1-3-22(29)19-10-8-11-20(18-19)35-25-15-7-6-14-24(25)34-17-9-16-33-23-13-5-4-12-21(23)28(2)26(31)30-27(32)36-28/h4-8,10-15,18,22H,3,9,16-17H2,1-2H3,(H,30,31,32). The van der Waals surface area contributed by atoms with Crippen LogP contribution >= 0.6 is 11.8 Å². The molecule has 8 heteroatoms. The minimum Gasteiger partial charge on any atom is -0.493 e. The smallest absolute Gasteiger partial charge is 0.287 e. The van der Waals surface area contributed by atoms with Crippen molar-refractivity contribution >= 4 is 22.9 Å². The van der Waals surface area contributed by atoms with Crippen molar-refractivity contribution in [2.45, 2.75) is 37.6 Å². The fraction of sp³-hybridized carbons (Fsp3) is 0.286. The number of halogens is 1. The van der Waals surface area contributed by atoms with E-state index in [-0.39, 0.29) is 11.1 Å². The van der Waals surface area contributed by atoms with E-state index in [1.165, 1.54) is 0 Å². The summed E-state index contributed by atoms with van der Waals surface area (Å²) in [7, 11) is 0. The van der Waals surface area contributed by atoms with E-state index in [2.05, 4.69) is 5.32 Å². The van der Waals surface area contributed by atoms with Gasteiger partial charge in [0, 0.05) is 12.0 Å². The molecule has 6 nitrogen and oxygen atoms in total. The number of rotatable bonds is 11. The van der Waals surface area contributed by atoms with Crippen molar-refractivity contribution in [2.75, 3.05) is 13.2 Å². The van der Waals surface area contributed by atoms with Gasteiger partial charge >= 0.3 is 0 Å². The molecule has 0 bridgehead atoms. The zero-order valence-electron chi connectivity index (χ0n) is 20.2. The average Bonchev–Trinajstić information content (AvgIpc) is 3.16. The van der Waals surface area contributed by atoms with E-state index in [1.807, 2.05) is 30.3 Å². The summed E-state index contributed by atoms with van der Waals surface area (Å²) in [5.74, 6) is 1.85. The summed E-state index contributed by atoms with van der Waals surface area (Å²) in [6, 6.07) is 21.5. The SMILES string of the molecule is CCC(F)c1cccc(Oc2ccccc2OCCCOc2ccccc2C2(C)SC(=O)NC2=O)c1. The number of ether oxygens (including phenoxy) is 3. The minimum absolute atomic E-state index is 0.351. The molecule has 1 heterocycles. The van der Waals surface area contributed by atoms with Crippen molar-refractivity contribution in [1.82, 2.24) is 5.32 Å². The molecule has 1 fully saturated rings. The third kappa shape index (κ3) is 5.82. The highest BCUT2D eigenvalue weighted by Crippen LogP contribution is 2.44. The first kappa shape index (κ1) is 25.6.